The molecule has 1 amide bonds. The Morgan fingerprint density at radius 2 is 2.03 bits per heavy atom. The van der Waals surface area contributed by atoms with Crippen molar-refractivity contribution in [3.05, 3.63) is 58.2 Å². The number of carbonyl (C=O) groups excluding carboxylic acids is 2. The third kappa shape index (κ3) is 5.28. The topological polar surface area (TPSA) is 127 Å². The Labute approximate surface area is 180 Å². The summed E-state index contributed by atoms with van der Waals surface area (Å²) in [6.07, 6.45) is 0. The molecule has 0 radical (unpaired) electrons. The molecule has 1 aromatic heterocycles. The van der Waals surface area contributed by atoms with Crippen LogP contribution in [0.4, 0.5) is 4.39 Å². The lowest BCUT2D eigenvalue weighted by molar-refractivity contribution is -0.119. The molecule has 0 spiro atoms. The van der Waals surface area contributed by atoms with E-state index in [0.29, 0.717) is 11.1 Å². The molecule has 2 N–H and O–H groups in total. The highest BCUT2D eigenvalue weighted by Gasteiger charge is 2.19. The second-order valence-electron chi connectivity index (χ2n) is 6.30. The van der Waals surface area contributed by atoms with Gasteiger partial charge >= 0.3 is 5.97 Å². The SMILES string of the molecule is COc1cc(C(=O)OCc2nc(-c3ccc(C)c(F)c3)no2)cc(Cl)c1OCC(N)=O. The maximum Gasteiger partial charge on any atom is 0.338 e. The first kappa shape index (κ1) is 22.0. The number of carbonyl (C=O) groups is 2. The molecular formula is C20H17ClFN3O6. The summed E-state index contributed by atoms with van der Waals surface area (Å²) < 4.78 is 34.3. The molecule has 1 heterocycles. The normalized spacial score (nSPS) is 10.6. The number of primary amides is 1. The van der Waals surface area contributed by atoms with Gasteiger partial charge in [-0.2, -0.15) is 4.98 Å². The lowest BCUT2D eigenvalue weighted by atomic mass is 10.1. The van der Waals surface area contributed by atoms with Gasteiger partial charge in [-0.05, 0) is 30.7 Å². The van der Waals surface area contributed by atoms with Crippen LogP contribution in [0.5, 0.6) is 11.5 Å². The quantitative estimate of drug-likeness (QED) is 0.520. The van der Waals surface area contributed by atoms with Crippen molar-refractivity contribution < 1.29 is 32.7 Å². The van der Waals surface area contributed by atoms with Crippen molar-refractivity contribution in [2.75, 3.05) is 13.7 Å². The summed E-state index contributed by atoms with van der Waals surface area (Å²) in [5.41, 5.74) is 6.02. The van der Waals surface area contributed by atoms with Crippen molar-refractivity contribution in [3.8, 4) is 22.9 Å². The minimum Gasteiger partial charge on any atom is -0.493 e. The average molecular weight is 450 g/mol. The van der Waals surface area contributed by atoms with Crippen LogP contribution >= 0.6 is 11.6 Å². The lowest BCUT2D eigenvalue weighted by Gasteiger charge is -2.12. The molecule has 3 aromatic rings. The number of benzene rings is 2. The molecule has 0 bridgehead atoms. The Kier molecular flexibility index (Phi) is 6.71. The van der Waals surface area contributed by atoms with Gasteiger partial charge in [-0.1, -0.05) is 28.9 Å². The number of rotatable bonds is 8. The van der Waals surface area contributed by atoms with Crippen molar-refractivity contribution in [2.45, 2.75) is 13.5 Å². The van der Waals surface area contributed by atoms with E-state index in [1.54, 1.807) is 19.1 Å². The van der Waals surface area contributed by atoms with Crippen molar-refractivity contribution in [2.24, 2.45) is 5.73 Å². The molecule has 3 rings (SSSR count). The van der Waals surface area contributed by atoms with Gasteiger partial charge in [0.2, 0.25) is 5.82 Å². The van der Waals surface area contributed by atoms with Gasteiger partial charge < -0.3 is 24.5 Å². The molecule has 0 aliphatic heterocycles. The summed E-state index contributed by atoms with van der Waals surface area (Å²) in [6.45, 7) is 0.905. The molecule has 162 valence electrons. The van der Waals surface area contributed by atoms with Crippen molar-refractivity contribution in [1.29, 1.82) is 0 Å². The van der Waals surface area contributed by atoms with E-state index in [2.05, 4.69) is 10.1 Å². The van der Waals surface area contributed by atoms with Gasteiger partial charge in [-0.15, -0.1) is 0 Å². The van der Waals surface area contributed by atoms with E-state index in [0.717, 1.165) is 0 Å². The first-order valence-corrected chi connectivity index (χ1v) is 9.21. The fourth-order valence-corrected chi connectivity index (χ4v) is 2.76. The minimum atomic E-state index is -0.747. The van der Waals surface area contributed by atoms with E-state index in [-0.39, 0.29) is 40.4 Å². The Morgan fingerprint density at radius 1 is 1.26 bits per heavy atom. The zero-order chi connectivity index (χ0) is 22.5. The van der Waals surface area contributed by atoms with Crippen LogP contribution in [-0.4, -0.2) is 35.7 Å². The largest absolute Gasteiger partial charge is 0.493 e. The van der Waals surface area contributed by atoms with Crippen LogP contribution in [0.2, 0.25) is 5.02 Å². The third-order valence-electron chi connectivity index (χ3n) is 4.05. The number of esters is 1. The molecule has 0 saturated heterocycles. The molecule has 2 aromatic carbocycles. The van der Waals surface area contributed by atoms with Crippen molar-refractivity contribution in [3.63, 3.8) is 0 Å². The van der Waals surface area contributed by atoms with E-state index in [1.807, 2.05) is 0 Å². The second-order valence-corrected chi connectivity index (χ2v) is 6.70. The molecule has 11 heteroatoms. The highest BCUT2D eigenvalue weighted by atomic mass is 35.5. The van der Waals surface area contributed by atoms with Crippen molar-refractivity contribution in [1.82, 2.24) is 10.1 Å². The molecule has 0 fully saturated rings. The highest BCUT2D eigenvalue weighted by molar-refractivity contribution is 6.32. The Morgan fingerprint density at radius 3 is 2.71 bits per heavy atom. The standard InChI is InChI=1S/C20H17ClFN3O6/c1-10-3-4-11(6-14(10)22)19-24-17(31-25-19)9-30-20(27)12-5-13(21)18(15(7-12)28-2)29-8-16(23)26/h3-7H,8-9H2,1-2H3,(H2,23,26). The number of halogens is 2. The maximum atomic E-state index is 13.7. The number of nitrogens with two attached hydrogens (primary N) is 1. The van der Waals surface area contributed by atoms with Crippen LogP contribution < -0.4 is 15.2 Å². The summed E-state index contributed by atoms with van der Waals surface area (Å²) >= 11 is 6.12. The van der Waals surface area contributed by atoms with Gasteiger partial charge in [0.25, 0.3) is 11.8 Å². The van der Waals surface area contributed by atoms with Crippen LogP contribution in [0.25, 0.3) is 11.4 Å². The smallest absolute Gasteiger partial charge is 0.338 e. The van der Waals surface area contributed by atoms with E-state index >= 15 is 0 Å². The molecule has 0 atom stereocenters. The van der Waals surface area contributed by atoms with Crippen LogP contribution in [0.1, 0.15) is 21.8 Å². The minimum absolute atomic E-state index is 0.0174. The van der Waals surface area contributed by atoms with Gasteiger partial charge in [-0.25, -0.2) is 9.18 Å². The summed E-state index contributed by atoms with van der Waals surface area (Å²) in [4.78, 5) is 27.4. The van der Waals surface area contributed by atoms with Crippen LogP contribution in [-0.2, 0) is 16.1 Å². The van der Waals surface area contributed by atoms with E-state index in [4.69, 9.17) is 36.1 Å². The maximum absolute atomic E-state index is 13.7. The molecule has 0 unspecified atom stereocenters. The van der Waals surface area contributed by atoms with Gasteiger partial charge in [0.05, 0.1) is 17.7 Å². The zero-order valence-electron chi connectivity index (χ0n) is 16.5. The zero-order valence-corrected chi connectivity index (χ0v) is 17.2. The number of amides is 1. The third-order valence-corrected chi connectivity index (χ3v) is 4.33. The van der Waals surface area contributed by atoms with Crippen molar-refractivity contribution >= 4 is 23.5 Å². The van der Waals surface area contributed by atoms with E-state index < -0.39 is 24.3 Å². The summed E-state index contributed by atoms with van der Waals surface area (Å²) in [5.74, 6) is -1.50. The van der Waals surface area contributed by atoms with Crippen LogP contribution in [0.3, 0.4) is 0 Å². The summed E-state index contributed by atoms with van der Waals surface area (Å²) in [6, 6.07) is 7.14. The summed E-state index contributed by atoms with van der Waals surface area (Å²) in [5, 5.41) is 3.78. The molecule has 0 saturated carbocycles. The molecule has 0 aliphatic carbocycles. The average Bonchev–Trinajstić information content (AvgIpc) is 3.21. The fourth-order valence-electron chi connectivity index (χ4n) is 2.49. The van der Waals surface area contributed by atoms with E-state index in [1.165, 1.54) is 25.3 Å². The number of methoxy groups -OCH3 is 1. The van der Waals surface area contributed by atoms with Gasteiger partial charge in [0, 0.05) is 5.56 Å². The Hall–Kier alpha value is -3.66. The number of nitrogens with zero attached hydrogens (tertiary/aromatic N) is 2. The number of aromatic nitrogens is 2. The van der Waals surface area contributed by atoms with Crippen LogP contribution in [0.15, 0.2) is 34.9 Å². The van der Waals surface area contributed by atoms with Crippen LogP contribution in [0, 0.1) is 12.7 Å². The predicted octanol–water partition coefficient (Wildman–Crippen LogP) is 3.07. The van der Waals surface area contributed by atoms with Gasteiger partial charge in [0.15, 0.2) is 24.7 Å². The predicted molar refractivity (Wildman–Crippen MR) is 106 cm³/mol. The monoisotopic (exact) mass is 449 g/mol. The Bertz CT molecular complexity index is 1130. The molecule has 9 nitrogen and oxygen atoms in total. The van der Waals surface area contributed by atoms with Gasteiger partial charge in [0.1, 0.15) is 5.82 Å². The number of ether oxygens (including phenoxy) is 3. The molecule has 31 heavy (non-hydrogen) atoms. The number of hydrogen-bond acceptors (Lipinski definition) is 8. The number of aryl methyl sites for hydroxylation is 1. The van der Waals surface area contributed by atoms with Gasteiger partial charge in [-0.3, -0.25) is 4.79 Å². The lowest BCUT2D eigenvalue weighted by Crippen LogP contribution is -2.20. The Balaban J connectivity index is 1.69. The molecular weight excluding hydrogens is 433 g/mol. The first-order valence-electron chi connectivity index (χ1n) is 8.83. The second kappa shape index (κ2) is 9.43. The summed E-state index contributed by atoms with van der Waals surface area (Å²) in [7, 11) is 1.34. The first-order chi connectivity index (χ1) is 14.8. The highest BCUT2D eigenvalue weighted by Crippen LogP contribution is 2.36. The number of hydrogen-bond donors (Lipinski definition) is 1. The van der Waals surface area contributed by atoms with E-state index in [9.17, 15) is 14.0 Å². The molecule has 0 aliphatic rings. The fraction of sp³-hybridized carbons (Fsp3) is 0.200.